The first kappa shape index (κ1) is 11.8. The molecule has 17 heavy (non-hydrogen) atoms. The summed E-state index contributed by atoms with van der Waals surface area (Å²) in [5.74, 6) is 0. The van der Waals surface area contributed by atoms with E-state index in [1.807, 2.05) is 50.2 Å². The lowest BCUT2D eigenvalue weighted by Gasteiger charge is -2.14. The minimum Gasteiger partial charge on any atom is -0.388 e. The molecule has 0 bridgehead atoms. The Hall–Kier alpha value is -1.67. The van der Waals surface area contributed by atoms with Gasteiger partial charge in [0.25, 0.3) is 0 Å². The van der Waals surface area contributed by atoms with Gasteiger partial charge in [-0.3, -0.25) is 4.98 Å². The Morgan fingerprint density at radius 2 is 1.76 bits per heavy atom. The maximum absolute atomic E-state index is 10.2. The summed E-state index contributed by atoms with van der Waals surface area (Å²) >= 11 is 0. The molecule has 0 fully saturated rings. The molecular weight excluding hydrogens is 210 g/mol. The summed E-state index contributed by atoms with van der Waals surface area (Å²) in [5, 5.41) is 10.2. The van der Waals surface area contributed by atoms with Crippen LogP contribution < -0.4 is 0 Å². The molecule has 0 aliphatic carbocycles. The highest BCUT2D eigenvalue weighted by molar-refractivity contribution is 5.29. The number of aliphatic hydroxyl groups excluding tert-OH is 1. The van der Waals surface area contributed by atoms with E-state index in [4.69, 9.17) is 0 Å². The highest BCUT2D eigenvalue weighted by atomic mass is 16.3. The third kappa shape index (κ3) is 2.71. The highest BCUT2D eigenvalue weighted by Crippen LogP contribution is 2.21. The van der Waals surface area contributed by atoms with Gasteiger partial charge in [0.15, 0.2) is 0 Å². The maximum Gasteiger partial charge on any atom is 0.0848 e. The molecule has 1 aromatic carbocycles. The normalized spacial score (nSPS) is 12.4. The van der Waals surface area contributed by atoms with Crippen molar-refractivity contribution < 1.29 is 5.11 Å². The van der Waals surface area contributed by atoms with E-state index < -0.39 is 6.10 Å². The molecule has 2 nitrogen and oxygen atoms in total. The molecule has 0 aliphatic heterocycles. The first-order valence-corrected chi connectivity index (χ1v) is 5.82. The van der Waals surface area contributed by atoms with Crippen LogP contribution >= 0.6 is 0 Å². The number of hydrogen-bond donors (Lipinski definition) is 1. The quantitative estimate of drug-likeness (QED) is 0.874. The van der Waals surface area contributed by atoms with E-state index in [-0.39, 0.29) is 0 Å². The van der Waals surface area contributed by atoms with Gasteiger partial charge in [0.2, 0.25) is 0 Å². The largest absolute Gasteiger partial charge is 0.388 e. The van der Waals surface area contributed by atoms with Crippen LogP contribution in [-0.4, -0.2) is 10.1 Å². The fourth-order valence-electron chi connectivity index (χ4n) is 1.99. The van der Waals surface area contributed by atoms with E-state index in [1.54, 1.807) is 6.20 Å². The summed E-state index contributed by atoms with van der Waals surface area (Å²) in [5.41, 5.74) is 4.19. The van der Waals surface area contributed by atoms with Gasteiger partial charge in [-0.15, -0.1) is 0 Å². The van der Waals surface area contributed by atoms with Crippen molar-refractivity contribution in [3.63, 3.8) is 0 Å². The number of nitrogens with zero attached hydrogens (tertiary/aromatic N) is 1. The molecule has 1 unspecified atom stereocenters. The van der Waals surface area contributed by atoms with Gasteiger partial charge < -0.3 is 5.11 Å². The Bertz CT molecular complexity index is 508. The first-order chi connectivity index (χ1) is 8.18. The number of benzene rings is 1. The number of pyridine rings is 1. The molecule has 0 spiro atoms. The Labute approximate surface area is 102 Å². The number of aryl methyl sites for hydroxylation is 2. The van der Waals surface area contributed by atoms with Crippen molar-refractivity contribution in [1.82, 2.24) is 4.98 Å². The molecule has 0 saturated carbocycles. The van der Waals surface area contributed by atoms with Gasteiger partial charge in [0, 0.05) is 18.3 Å². The van der Waals surface area contributed by atoms with Gasteiger partial charge in [0.05, 0.1) is 6.10 Å². The molecule has 0 aliphatic rings. The standard InChI is InChI=1S/C15H17NO/c1-11-6-3-4-8-13(11)15(17)10-14-12(2)7-5-9-16-14/h3-9,15,17H,10H2,1-2H3. The fraction of sp³-hybridized carbons (Fsp3) is 0.267. The van der Waals surface area contributed by atoms with Crippen LogP contribution in [0.1, 0.15) is 28.5 Å². The molecule has 1 atom stereocenters. The van der Waals surface area contributed by atoms with E-state index in [0.717, 1.165) is 22.4 Å². The average Bonchev–Trinajstić information content (AvgIpc) is 2.32. The second-order valence-electron chi connectivity index (χ2n) is 4.34. The molecule has 0 amide bonds. The Morgan fingerprint density at radius 3 is 2.47 bits per heavy atom. The van der Waals surface area contributed by atoms with Crippen molar-refractivity contribution in [3.8, 4) is 0 Å². The summed E-state index contributed by atoms with van der Waals surface area (Å²) < 4.78 is 0. The number of aliphatic hydroxyl groups is 1. The summed E-state index contributed by atoms with van der Waals surface area (Å²) in [4.78, 5) is 4.31. The lowest BCUT2D eigenvalue weighted by atomic mass is 9.98. The predicted octanol–water partition coefficient (Wildman–Crippen LogP) is 2.97. The summed E-state index contributed by atoms with van der Waals surface area (Å²) in [6.07, 6.45) is 1.86. The van der Waals surface area contributed by atoms with Crippen molar-refractivity contribution >= 4 is 0 Å². The van der Waals surface area contributed by atoms with E-state index in [1.165, 1.54) is 0 Å². The molecule has 1 aromatic heterocycles. The highest BCUT2D eigenvalue weighted by Gasteiger charge is 2.12. The van der Waals surface area contributed by atoms with Crippen LogP contribution in [0.3, 0.4) is 0 Å². The lowest BCUT2D eigenvalue weighted by molar-refractivity contribution is 0.176. The average molecular weight is 227 g/mol. The van der Waals surface area contributed by atoms with Crippen LogP contribution in [0.15, 0.2) is 42.6 Å². The molecule has 2 rings (SSSR count). The number of aromatic nitrogens is 1. The zero-order valence-corrected chi connectivity index (χ0v) is 10.2. The molecule has 2 heteroatoms. The summed E-state index contributed by atoms with van der Waals surface area (Å²) in [6.45, 7) is 4.04. The Kier molecular flexibility index (Phi) is 3.55. The van der Waals surface area contributed by atoms with E-state index in [0.29, 0.717) is 6.42 Å². The third-order valence-corrected chi connectivity index (χ3v) is 3.05. The Morgan fingerprint density at radius 1 is 1.06 bits per heavy atom. The monoisotopic (exact) mass is 227 g/mol. The van der Waals surface area contributed by atoms with Gasteiger partial charge in [-0.1, -0.05) is 30.3 Å². The van der Waals surface area contributed by atoms with Crippen LogP contribution in [0.5, 0.6) is 0 Å². The predicted molar refractivity (Wildman–Crippen MR) is 68.8 cm³/mol. The van der Waals surface area contributed by atoms with Crippen LogP contribution in [0.4, 0.5) is 0 Å². The topological polar surface area (TPSA) is 33.1 Å². The van der Waals surface area contributed by atoms with Crippen LogP contribution in [0.2, 0.25) is 0 Å². The fourth-order valence-corrected chi connectivity index (χ4v) is 1.99. The lowest BCUT2D eigenvalue weighted by Crippen LogP contribution is -2.06. The molecule has 1 heterocycles. The first-order valence-electron chi connectivity index (χ1n) is 5.82. The molecule has 0 radical (unpaired) electrons. The summed E-state index contributed by atoms with van der Waals surface area (Å²) in [6, 6.07) is 11.9. The van der Waals surface area contributed by atoms with Crippen molar-refractivity contribution in [3.05, 3.63) is 65.0 Å². The minimum absolute atomic E-state index is 0.482. The maximum atomic E-state index is 10.2. The summed E-state index contributed by atoms with van der Waals surface area (Å²) in [7, 11) is 0. The van der Waals surface area contributed by atoms with Crippen molar-refractivity contribution in [1.29, 1.82) is 0 Å². The third-order valence-electron chi connectivity index (χ3n) is 3.05. The van der Waals surface area contributed by atoms with E-state index >= 15 is 0 Å². The van der Waals surface area contributed by atoms with Gasteiger partial charge in [-0.25, -0.2) is 0 Å². The van der Waals surface area contributed by atoms with Crippen LogP contribution in [0.25, 0.3) is 0 Å². The van der Waals surface area contributed by atoms with E-state index in [9.17, 15) is 5.11 Å². The van der Waals surface area contributed by atoms with Crippen LogP contribution in [-0.2, 0) is 6.42 Å². The zero-order valence-electron chi connectivity index (χ0n) is 10.2. The SMILES string of the molecule is Cc1ccccc1C(O)Cc1ncccc1C. The van der Waals surface area contributed by atoms with Gasteiger partial charge in [-0.2, -0.15) is 0 Å². The van der Waals surface area contributed by atoms with Gasteiger partial charge in [0.1, 0.15) is 0 Å². The smallest absolute Gasteiger partial charge is 0.0848 e. The van der Waals surface area contributed by atoms with Crippen molar-refractivity contribution in [2.75, 3.05) is 0 Å². The number of hydrogen-bond acceptors (Lipinski definition) is 2. The van der Waals surface area contributed by atoms with Crippen LogP contribution in [0, 0.1) is 13.8 Å². The second kappa shape index (κ2) is 5.11. The van der Waals surface area contributed by atoms with E-state index in [2.05, 4.69) is 4.98 Å². The molecule has 88 valence electrons. The van der Waals surface area contributed by atoms with Crippen molar-refractivity contribution in [2.24, 2.45) is 0 Å². The van der Waals surface area contributed by atoms with Gasteiger partial charge >= 0.3 is 0 Å². The molecular formula is C15H17NO. The minimum atomic E-state index is -0.482. The molecule has 1 N–H and O–H groups in total. The molecule has 0 saturated heterocycles. The number of rotatable bonds is 3. The Balaban J connectivity index is 2.20. The molecule has 2 aromatic rings. The second-order valence-corrected chi connectivity index (χ2v) is 4.34. The van der Waals surface area contributed by atoms with Gasteiger partial charge in [-0.05, 0) is 36.6 Å². The van der Waals surface area contributed by atoms with Crippen molar-refractivity contribution in [2.45, 2.75) is 26.4 Å². The zero-order chi connectivity index (χ0) is 12.3.